The Labute approximate surface area is 173 Å². The van der Waals surface area contributed by atoms with Crippen LogP contribution in [0.1, 0.15) is 97.3 Å². The van der Waals surface area contributed by atoms with E-state index >= 15 is 0 Å². The molecule has 0 bridgehead atoms. The smallest absolute Gasteiger partial charge is 0.307 e. The maximum Gasteiger partial charge on any atom is 0.307 e. The highest BCUT2D eigenvalue weighted by molar-refractivity contribution is 5.71. The van der Waals surface area contributed by atoms with Gasteiger partial charge in [0.1, 0.15) is 6.54 Å². The number of ether oxygens (including phenoxy) is 1. The first-order chi connectivity index (χ1) is 13.1. The Kier molecular flexibility index (Phi) is 15.2. The van der Waals surface area contributed by atoms with Crippen LogP contribution < -0.4 is 0 Å². The summed E-state index contributed by atoms with van der Waals surface area (Å²) in [5.74, 6) is -0.320. The summed E-state index contributed by atoms with van der Waals surface area (Å²) in [7, 11) is 5.90. The zero-order valence-electron chi connectivity index (χ0n) is 19.2. The Hall–Kier alpha value is -1.10. The number of carbonyl (C=O) groups excluding carboxylic acids is 1. The largest absolute Gasteiger partial charge is 0.481 e. The number of esters is 1. The van der Waals surface area contributed by atoms with E-state index < -0.39 is 12.1 Å². The van der Waals surface area contributed by atoms with Crippen LogP contribution in [0.25, 0.3) is 0 Å². The van der Waals surface area contributed by atoms with Gasteiger partial charge in [-0.15, -0.1) is 0 Å². The molecule has 166 valence electrons. The van der Waals surface area contributed by atoms with Gasteiger partial charge in [-0.05, 0) is 12.3 Å². The molecule has 28 heavy (non-hydrogen) atoms. The fourth-order valence-corrected chi connectivity index (χ4v) is 3.54. The number of likely N-dealkylation sites (N-methyl/N-ethyl adjacent to an activating group) is 1. The second-order valence-electron chi connectivity index (χ2n) is 9.44. The van der Waals surface area contributed by atoms with E-state index in [1.807, 2.05) is 21.1 Å². The Bertz CT molecular complexity index is 417. The van der Waals surface area contributed by atoms with Crippen LogP contribution in [0.4, 0.5) is 0 Å². The van der Waals surface area contributed by atoms with Crippen molar-refractivity contribution in [2.24, 2.45) is 5.92 Å². The van der Waals surface area contributed by atoms with E-state index in [2.05, 4.69) is 13.8 Å². The highest BCUT2D eigenvalue weighted by atomic mass is 16.5. The van der Waals surface area contributed by atoms with Gasteiger partial charge in [-0.25, -0.2) is 0 Å². The van der Waals surface area contributed by atoms with Gasteiger partial charge in [0.05, 0.1) is 27.6 Å². The molecule has 0 aliphatic rings. The van der Waals surface area contributed by atoms with E-state index in [0.717, 1.165) is 25.2 Å². The zero-order chi connectivity index (χ0) is 21.4. The number of carboxylic acid groups (broad SMARTS) is 1. The zero-order valence-corrected chi connectivity index (χ0v) is 19.2. The molecule has 5 nitrogen and oxygen atoms in total. The third-order valence-corrected chi connectivity index (χ3v) is 5.08. The molecule has 0 saturated heterocycles. The van der Waals surface area contributed by atoms with Gasteiger partial charge in [0.15, 0.2) is 6.10 Å². The van der Waals surface area contributed by atoms with Gasteiger partial charge in [-0.1, -0.05) is 78.1 Å². The van der Waals surface area contributed by atoms with Crippen molar-refractivity contribution in [2.75, 3.05) is 27.7 Å². The Morgan fingerprint density at radius 1 is 0.893 bits per heavy atom. The normalized spacial score (nSPS) is 13.9. The molecule has 0 radical (unpaired) electrons. The standard InChI is InChI=1S/C23H45NO4/c1-6-7-15-20(2)16-13-11-9-8-10-12-14-17-23(27)28-21(18-22(25)26)19-24(3,4)5/h20-21H,6-19H2,1-5H3/p+1. The molecule has 0 rings (SSSR count). The average molecular weight is 401 g/mol. The number of quaternary nitrogens is 1. The molecule has 2 unspecified atom stereocenters. The molecule has 0 aliphatic heterocycles. The Morgan fingerprint density at radius 2 is 1.43 bits per heavy atom. The van der Waals surface area contributed by atoms with Gasteiger partial charge < -0.3 is 14.3 Å². The number of carboxylic acids is 1. The Balaban J connectivity index is 3.73. The van der Waals surface area contributed by atoms with Crippen LogP contribution in [0.15, 0.2) is 0 Å². The summed E-state index contributed by atoms with van der Waals surface area (Å²) in [6, 6.07) is 0. The first-order valence-electron chi connectivity index (χ1n) is 11.4. The fourth-order valence-electron chi connectivity index (χ4n) is 3.54. The third kappa shape index (κ3) is 18.3. The highest BCUT2D eigenvalue weighted by Crippen LogP contribution is 2.17. The molecule has 0 fully saturated rings. The van der Waals surface area contributed by atoms with Crippen molar-refractivity contribution in [3.63, 3.8) is 0 Å². The van der Waals surface area contributed by atoms with E-state index in [4.69, 9.17) is 9.84 Å². The fraction of sp³-hybridized carbons (Fsp3) is 0.913. The number of hydrogen-bond acceptors (Lipinski definition) is 3. The van der Waals surface area contributed by atoms with Crippen LogP contribution >= 0.6 is 0 Å². The van der Waals surface area contributed by atoms with Crippen LogP contribution in [-0.4, -0.2) is 55.3 Å². The lowest BCUT2D eigenvalue weighted by Gasteiger charge is -2.28. The van der Waals surface area contributed by atoms with E-state index in [0.29, 0.717) is 17.4 Å². The van der Waals surface area contributed by atoms with Crippen molar-refractivity contribution in [1.82, 2.24) is 0 Å². The number of rotatable bonds is 18. The van der Waals surface area contributed by atoms with Crippen molar-refractivity contribution in [2.45, 2.75) is 103 Å². The van der Waals surface area contributed by atoms with Crippen LogP contribution in [0.3, 0.4) is 0 Å². The van der Waals surface area contributed by atoms with Gasteiger partial charge in [-0.3, -0.25) is 9.59 Å². The van der Waals surface area contributed by atoms with Gasteiger partial charge in [0.25, 0.3) is 0 Å². The summed E-state index contributed by atoms with van der Waals surface area (Å²) < 4.78 is 5.98. The predicted molar refractivity (Wildman–Crippen MR) is 115 cm³/mol. The lowest BCUT2D eigenvalue weighted by molar-refractivity contribution is -0.873. The quantitative estimate of drug-likeness (QED) is 0.190. The predicted octanol–water partition coefficient (Wildman–Crippen LogP) is 5.42. The second kappa shape index (κ2) is 15.8. The molecular weight excluding hydrogens is 354 g/mol. The molecule has 0 heterocycles. The van der Waals surface area contributed by atoms with Crippen molar-refractivity contribution in [1.29, 1.82) is 0 Å². The summed E-state index contributed by atoms with van der Waals surface area (Å²) in [5.41, 5.74) is 0. The summed E-state index contributed by atoms with van der Waals surface area (Å²) >= 11 is 0. The third-order valence-electron chi connectivity index (χ3n) is 5.08. The number of aliphatic carboxylic acids is 1. The summed E-state index contributed by atoms with van der Waals surface area (Å²) in [6.45, 7) is 5.14. The van der Waals surface area contributed by atoms with E-state index in [-0.39, 0.29) is 12.4 Å². The molecule has 0 saturated carbocycles. The van der Waals surface area contributed by atoms with Crippen LogP contribution in [0.5, 0.6) is 0 Å². The second-order valence-corrected chi connectivity index (χ2v) is 9.44. The maximum atomic E-state index is 12.0. The highest BCUT2D eigenvalue weighted by Gasteiger charge is 2.24. The van der Waals surface area contributed by atoms with Gasteiger partial charge in [-0.2, -0.15) is 0 Å². The molecule has 5 heteroatoms. The topological polar surface area (TPSA) is 63.6 Å². The molecule has 2 atom stereocenters. The number of unbranched alkanes of at least 4 members (excludes halogenated alkanes) is 7. The monoisotopic (exact) mass is 400 g/mol. The van der Waals surface area contributed by atoms with Gasteiger partial charge in [0, 0.05) is 6.42 Å². The van der Waals surface area contributed by atoms with E-state index in [9.17, 15) is 9.59 Å². The lowest BCUT2D eigenvalue weighted by atomic mass is 9.97. The van der Waals surface area contributed by atoms with Gasteiger partial charge in [0.2, 0.25) is 0 Å². The Morgan fingerprint density at radius 3 is 1.96 bits per heavy atom. The molecule has 0 amide bonds. The van der Waals surface area contributed by atoms with Gasteiger partial charge >= 0.3 is 11.9 Å². The number of nitrogens with zero attached hydrogens (tertiary/aromatic N) is 1. The van der Waals surface area contributed by atoms with Crippen molar-refractivity contribution >= 4 is 11.9 Å². The number of hydrogen-bond donors (Lipinski definition) is 1. The summed E-state index contributed by atoms with van der Waals surface area (Å²) in [5, 5.41) is 9.00. The summed E-state index contributed by atoms with van der Waals surface area (Å²) in [4.78, 5) is 23.0. The SMILES string of the molecule is CCCCC(C)CCCCCCCCCC(=O)OC(CC(=O)O)C[N+](C)(C)C. The first-order valence-corrected chi connectivity index (χ1v) is 11.4. The van der Waals surface area contributed by atoms with Crippen LogP contribution in [0, 0.1) is 5.92 Å². The lowest BCUT2D eigenvalue weighted by Crippen LogP contribution is -2.43. The van der Waals surface area contributed by atoms with Crippen molar-refractivity contribution in [3.8, 4) is 0 Å². The van der Waals surface area contributed by atoms with E-state index in [1.165, 1.54) is 51.4 Å². The minimum atomic E-state index is -0.925. The van der Waals surface area contributed by atoms with E-state index in [1.54, 1.807) is 0 Å². The number of carbonyl (C=O) groups is 2. The van der Waals surface area contributed by atoms with Crippen LogP contribution in [-0.2, 0) is 14.3 Å². The van der Waals surface area contributed by atoms with Crippen molar-refractivity contribution in [3.05, 3.63) is 0 Å². The molecule has 0 aromatic carbocycles. The molecule has 0 aliphatic carbocycles. The van der Waals surface area contributed by atoms with Crippen molar-refractivity contribution < 1.29 is 23.9 Å². The molecule has 0 aromatic rings. The first kappa shape index (κ1) is 26.9. The molecule has 0 aromatic heterocycles. The minimum Gasteiger partial charge on any atom is -0.481 e. The maximum absolute atomic E-state index is 12.0. The molecule has 0 spiro atoms. The molecule has 1 N–H and O–H groups in total. The minimum absolute atomic E-state index is 0.127. The molecular formula is C23H46NO4+. The summed E-state index contributed by atoms with van der Waals surface area (Å²) in [6.07, 6.45) is 13.3. The average Bonchev–Trinajstić information content (AvgIpc) is 2.56. The van der Waals surface area contributed by atoms with Crippen LogP contribution in [0.2, 0.25) is 0 Å².